The first-order chi connectivity index (χ1) is 12.6. The highest BCUT2D eigenvalue weighted by atomic mass is 35.5. The van der Waals surface area contributed by atoms with Crippen molar-refractivity contribution in [3.63, 3.8) is 0 Å². The van der Waals surface area contributed by atoms with E-state index in [0.717, 1.165) is 16.7 Å². The van der Waals surface area contributed by atoms with E-state index in [0.29, 0.717) is 29.7 Å². The Kier molecular flexibility index (Phi) is 5.44. The van der Waals surface area contributed by atoms with Gasteiger partial charge in [-0.1, -0.05) is 35.9 Å². The van der Waals surface area contributed by atoms with Gasteiger partial charge in [0, 0.05) is 0 Å². The minimum atomic E-state index is -0.598. The summed E-state index contributed by atoms with van der Waals surface area (Å²) >= 11 is 6.25. The lowest BCUT2D eigenvalue weighted by Crippen LogP contribution is -2.40. The number of benzene rings is 2. The molecule has 1 N–H and O–H groups in total. The predicted octanol–water partition coefficient (Wildman–Crippen LogP) is 3.34. The Balaban J connectivity index is 1.93. The fourth-order valence-electron chi connectivity index (χ4n) is 2.88. The van der Waals surface area contributed by atoms with Crippen LogP contribution in [-0.4, -0.2) is 32.6 Å². The summed E-state index contributed by atoms with van der Waals surface area (Å²) in [6, 6.07) is 13.7. The molecular formula is C19H19ClN2O4. The third-order valence-corrected chi connectivity index (χ3v) is 4.49. The Morgan fingerprint density at radius 1 is 1.27 bits per heavy atom. The van der Waals surface area contributed by atoms with Crippen molar-refractivity contribution < 1.29 is 19.1 Å². The monoisotopic (exact) mass is 374 g/mol. The number of amidine groups is 1. The van der Waals surface area contributed by atoms with Crippen molar-refractivity contribution in [2.75, 3.05) is 20.3 Å². The maximum absolute atomic E-state index is 10.4. The van der Waals surface area contributed by atoms with E-state index >= 15 is 0 Å². The van der Waals surface area contributed by atoms with Crippen molar-refractivity contribution in [1.82, 2.24) is 5.48 Å². The highest BCUT2D eigenvalue weighted by Gasteiger charge is 2.31. The minimum Gasteiger partial charge on any atom is -0.495 e. The van der Waals surface area contributed by atoms with Crippen molar-refractivity contribution in [2.24, 2.45) is 4.99 Å². The van der Waals surface area contributed by atoms with Crippen LogP contribution in [0.3, 0.4) is 0 Å². The number of nitrogens with zero attached hydrogens (tertiary/aromatic N) is 1. The number of nitrogens with one attached hydrogen (secondary N) is 1. The fourth-order valence-corrected chi connectivity index (χ4v) is 3.14. The number of aliphatic imine (C=N–C) groups is 1. The van der Waals surface area contributed by atoms with Crippen LogP contribution in [0, 0.1) is 0 Å². The number of methoxy groups -OCH3 is 1. The van der Waals surface area contributed by atoms with E-state index in [1.807, 2.05) is 43.3 Å². The Morgan fingerprint density at radius 3 is 2.81 bits per heavy atom. The summed E-state index contributed by atoms with van der Waals surface area (Å²) in [4.78, 5) is 19.6. The highest BCUT2D eigenvalue weighted by Crippen LogP contribution is 2.34. The number of hydrogen-bond donors (Lipinski definition) is 1. The SMILES string of the molecule is COc1ccc(-c2cccc(C3(C)COCC(NOC=O)=N3)c2)cc1Cl. The van der Waals surface area contributed by atoms with Gasteiger partial charge >= 0.3 is 6.47 Å². The van der Waals surface area contributed by atoms with Crippen molar-refractivity contribution in [1.29, 1.82) is 0 Å². The Bertz CT molecular complexity index is 840. The summed E-state index contributed by atoms with van der Waals surface area (Å²) in [5.41, 5.74) is 4.85. The molecule has 7 heteroatoms. The number of carbonyl (C=O) groups is 1. The van der Waals surface area contributed by atoms with E-state index in [1.54, 1.807) is 7.11 Å². The van der Waals surface area contributed by atoms with Gasteiger partial charge in [0.05, 0.1) is 18.7 Å². The van der Waals surface area contributed by atoms with E-state index < -0.39 is 5.54 Å². The molecular weight excluding hydrogens is 356 g/mol. The van der Waals surface area contributed by atoms with E-state index in [1.165, 1.54) is 0 Å². The lowest BCUT2D eigenvalue weighted by Gasteiger charge is -2.31. The number of ether oxygens (including phenoxy) is 2. The molecule has 0 aromatic heterocycles. The van der Waals surface area contributed by atoms with Gasteiger partial charge in [0.1, 0.15) is 17.9 Å². The summed E-state index contributed by atoms with van der Waals surface area (Å²) < 4.78 is 10.8. The normalized spacial score (nSPS) is 19.4. The molecule has 0 fully saturated rings. The third kappa shape index (κ3) is 3.81. The molecule has 0 spiro atoms. The standard InChI is InChI=1S/C19H19ClN2O4/c1-19(11-25-10-18(21-19)22-26-12-23)15-5-3-4-13(8-15)14-6-7-17(24-2)16(20)9-14/h3-9,12H,10-11H2,1-2H3,(H,21,22). The van der Waals surface area contributed by atoms with Crippen LogP contribution in [0.2, 0.25) is 5.02 Å². The van der Waals surface area contributed by atoms with Crippen molar-refractivity contribution in [2.45, 2.75) is 12.5 Å². The predicted molar refractivity (Wildman–Crippen MR) is 99.3 cm³/mol. The highest BCUT2D eigenvalue weighted by molar-refractivity contribution is 6.32. The maximum atomic E-state index is 10.4. The van der Waals surface area contributed by atoms with Gasteiger partial charge in [0.15, 0.2) is 5.84 Å². The molecule has 3 rings (SSSR count). The molecule has 1 aliphatic rings. The van der Waals surface area contributed by atoms with Gasteiger partial charge in [0.2, 0.25) is 0 Å². The topological polar surface area (TPSA) is 69.2 Å². The van der Waals surface area contributed by atoms with Crippen LogP contribution in [0.5, 0.6) is 5.75 Å². The molecule has 136 valence electrons. The summed E-state index contributed by atoms with van der Waals surface area (Å²) in [5, 5.41) is 0.554. The van der Waals surface area contributed by atoms with Crippen LogP contribution in [0.25, 0.3) is 11.1 Å². The molecule has 0 aliphatic carbocycles. The summed E-state index contributed by atoms with van der Waals surface area (Å²) in [6.45, 7) is 2.96. The molecule has 1 atom stereocenters. The van der Waals surface area contributed by atoms with Gasteiger partial charge in [-0.15, -0.1) is 0 Å². The zero-order valence-electron chi connectivity index (χ0n) is 14.5. The number of hydrogen-bond acceptors (Lipinski definition) is 6. The number of halogens is 1. The number of rotatable bonds is 5. The van der Waals surface area contributed by atoms with Crippen LogP contribution in [-0.2, 0) is 19.9 Å². The zero-order chi connectivity index (χ0) is 18.6. The van der Waals surface area contributed by atoms with Crippen LogP contribution in [0.15, 0.2) is 47.5 Å². The van der Waals surface area contributed by atoms with E-state index in [-0.39, 0.29) is 6.61 Å². The molecule has 0 bridgehead atoms. The lowest BCUT2D eigenvalue weighted by atomic mass is 9.90. The Morgan fingerprint density at radius 2 is 2.08 bits per heavy atom. The van der Waals surface area contributed by atoms with Crippen molar-refractivity contribution in [3.05, 3.63) is 53.1 Å². The largest absolute Gasteiger partial charge is 0.495 e. The summed E-state index contributed by atoms with van der Waals surface area (Å²) in [5.74, 6) is 1.10. The first kappa shape index (κ1) is 18.2. The second-order valence-corrected chi connectivity index (χ2v) is 6.48. The van der Waals surface area contributed by atoms with E-state index in [9.17, 15) is 4.79 Å². The van der Waals surface area contributed by atoms with Gasteiger partial charge in [-0.2, -0.15) is 0 Å². The first-order valence-electron chi connectivity index (χ1n) is 8.02. The molecule has 1 aliphatic heterocycles. The molecule has 1 unspecified atom stereocenters. The van der Waals surface area contributed by atoms with E-state index in [2.05, 4.69) is 21.4 Å². The second kappa shape index (κ2) is 7.76. The van der Waals surface area contributed by atoms with Gasteiger partial charge < -0.3 is 14.3 Å². The molecule has 26 heavy (non-hydrogen) atoms. The molecule has 2 aromatic rings. The molecule has 6 nitrogen and oxygen atoms in total. The van der Waals surface area contributed by atoms with Crippen LogP contribution < -0.4 is 10.2 Å². The summed E-state index contributed by atoms with van der Waals surface area (Å²) in [6.07, 6.45) is 0. The van der Waals surface area contributed by atoms with Gasteiger partial charge in [-0.3, -0.25) is 9.79 Å². The van der Waals surface area contributed by atoms with Gasteiger partial charge in [-0.05, 0) is 41.8 Å². The third-order valence-electron chi connectivity index (χ3n) is 4.20. The minimum absolute atomic E-state index is 0.261. The smallest absolute Gasteiger partial charge is 0.320 e. The quantitative estimate of drug-likeness (QED) is 0.642. The molecule has 0 amide bonds. The van der Waals surface area contributed by atoms with Crippen LogP contribution in [0.1, 0.15) is 12.5 Å². The second-order valence-electron chi connectivity index (χ2n) is 6.07. The fraction of sp³-hybridized carbons (Fsp3) is 0.263. The Labute approximate surface area is 156 Å². The molecule has 2 aromatic carbocycles. The lowest BCUT2D eigenvalue weighted by molar-refractivity contribution is -0.132. The maximum Gasteiger partial charge on any atom is 0.320 e. The van der Waals surface area contributed by atoms with Crippen LogP contribution in [0.4, 0.5) is 0 Å². The zero-order valence-corrected chi connectivity index (χ0v) is 15.2. The van der Waals surface area contributed by atoms with Gasteiger partial charge in [0.25, 0.3) is 0 Å². The first-order valence-corrected chi connectivity index (χ1v) is 8.40. The van der Waals surface area contributed by atoms with Crippen molar-refractivity contribution >= 4 is 23.9 Å². The Hall–Kier alpha value is -2.57. The summed E-state index contributed by atoms with van der Waals surface area (Å²) in [7, 11) is 1.59. The average molecular weight is 375 g/mol. The molecule has 1 heterocycles. The van der Waals surface area contributed by atoms with Crippen molar-refractivity contribution in [3.8, 4) is 16.9 Å². The molecule has 0 radical (unpaired) electrons. The van der Waals surface area contributed by atoms with E-state index in [4.69, 9.17) is 21.1 Å². The molecule has 0 saturated carbocycles. The van der Waals surface area contributed by atoms with Crippen LogP contribution >= 0.6 is 11.6 Å². The van der Waals surface area contributed by atoms with Gasteiger partial charge in [-0.25, -0.2) is 5.48 Å². The number of hydroxylamine groups is 1. The molecule has 0 saturated heterocycles. The number of carbonyl (C=O) groups excluding carboxylic acids is 1. The average Bonchev–Trinajstić information content (AvgIpc) is 2.66.